The Balaban J connectivity index is 1.73. The first-order valence-electron chi connectivity index (χ1n) is 8.06. The highest BCUT2D eigenvalue weighted by molar-refractivity contribution is 7.89. The molecule has 2 heterocycles. The highest BCUT2D eigenvalue weighted by Crippen LogP contribution is 2.21. The molecular weight excluding hydrogens is 370 g/mol. The second-order valence-corrected chi connectivity index (χ2v) is 8.61. The van der Waals surface area contributed by atoms with E-state index in [-0.39, 0.29) is 23.5 Å². The molecule has 0 saturated heterocycles. The topological polar surface area (TPSA) is 81.1 Å². The number of hydrogen-bond donors (Lipinski definition) is 1. The Morgan fingerprint density at radius 2 is 1.96 bits per heavy atom. The minimum absolute atomic E-state index is 0.0798. The summed E-state index contributed by atoms with van der Waals surface area (Å²) in [6.07, 6.45) is 0. The van der Waals surface area contributed by atoms with Gasteiger partial charge in [0.15, 0.2) is 0 Å². The van der Waals surface area contributed by atoms with Crippen molar-refractivity contribution in [2.24, 2.45) is 0 Å². The maximum Gasteiger partial charge on any atom is 0.266 e. The van der Waals surface area contributed by atoms with Crippen molar-refractivity contribution in [2.75, 3.05) is 6.54 Å². The monoisotopic (exact) mass is 389 g/mol. The summed E-state index contributed by atoms with van der Waals surface area (Å²) in [4.78, 5) is 13.2. The number of benzene rings is 1. The minimum atomic E-state index is -3.64. The number of aryl methyl sites for hydroxylation is 2. The van der Waals surface area contributed by atoms with E-state index >= 15 is 0 Å². The van der Waals surface area contributed by atoms with Crippen LogP contribution in [0, 0.1) is 13.8 Å². The van der Waals surface area contributed by atoms with Crippen molar-refractivity contribution >= 4 is 21.4 Å². The normalized spacial score (nSPS) is 11.6. The molecule has 0 amide bonds. The van der Waals surface area contributed by atoms with Gasteiger partial charge in [-0.25, -0.2) is 17.8 Å². The number of nitrogens with zero attached hydrogens (tertiary/aromatic N) is 2. The number of aromatic nitrogens is 2. The summed E-state index contributed by atoms with van der Waals surface area (Å²) in [6, 6.07) is 12.1. The maximum absolute atomic E-state index is 12.5. The van der Waals surface area contributed by atoms with E-state index < -0.39 is 10.0 Å². The van der Waals surface area contributed by atoms with Crippen LogP contribution in [0.1, 0.15) is 11.1 Å². The molecule has 0 aliphatic carbocycles. The summed E-state index contributed by atoms with van der Waals surface area (Å²) in [6.45, 7) is 3.91. The van der Waals surface area contributed by atoms with Gasteiger partial charge in [0, 0.05) is 12.6 Å². The average Bonchev–Trinajstić information content (AvgIpc) is 3.10. The summed E-state index contributed by atoms with van der Waals surface area (Å²) in [5, 5.41) is 6.25. The SMILES string of the molecule is Cc1ccc(S(=O)(=O)NCCn2nc(-c3cccs3)ccc2=O)c(C)c1. The Hall–Kier alpha value is -2.29. The summed E-state index contributed by atoms with van der Waals surface area (Å²) in [5.41, 5.74) is 2.11. The second kappa shape index (κ2) is 7.53. The van der Waals surface area contributed by atoms with Crippen molar-refractivity contribution in [2.45, 2.75) is 25.3 Å². The molecular formula is C18H19N3O3S2. The van der Waals surface area contributed by atoms with Crippen LogP contribution in [-0.2, 0) is 16.6 Å². The lowest BCUT2D eigenvalue weighted by Gasteiger charge is -2.11. The van der Waals surface area contributed by atoms with Crippen molar-refractivity contribution < 1.29 is 8.42 Å². The Kier molecular flexibility index (Phi) is 5.36. The Morgan fingerprint density at radius 1 is 1.15 bits per heavy atom. The van der Waals surface area contributed by atoms with Crippen LogP contribution in [0.4, 0.5) is 0 Å². The van der Waals surface area contributed by atoms with Crippen LogP contribution in [0.2, 0.25) is 0 Å². The molecule has 0 aliphatic heterocycles. The van der Waals surface area contributed by atoms with Crippen molar-refractivity contribution in [3.8, 4) is 10.6 Å². The van der Waals surface area contributed by atoms with Crippen molar-refractivity contribution in [1.29, 1.82) is 0 Å². The fraction of sp³-hybridized carbons (Fsp3) is 0.222. The predicted molar refractivity (Wildman–Crippen MR) is 103 cm³/mol. The van der Waals surface area contributed by atoms with E-state index in [1.54, 1.807) is 25.1 Å². The molecule has 0 aliphatic rings. The zero-order chi connectivity index (χ0) is 18.7. The van der Waals surface area contributed by atoms with Crippen LogP contribution in [-0.4, -0.2) is 24.7 Å². The summed E-state index contributed by atoms with van der Waals surface area (Å²) >= 11 is 1.53. The molecule has 136 valence electrons. The number of nitrogens with one attached hydrogen (secondary N) is 1. The lowest BCUT2D eigenvalue weighted by molar-refractivity contribution is 0.548. The molecule has 8 heteroatoms. The number of rotatable bonds is 6. The van der Waals surface area contributed by atoms with Crippen molar-refractivity contribution in [3.63, 3.8) is 0 Å². The van der Waals surface area contributed by atoms with E-state index in [4.69, 9.17) is 0 Å². The van der Waals surface area contributed by atoms with Gasteiger partial charge in [-0.05, 0) is 43.0 Å². The number of sulfonamides is 1. The molecule has 0 bridgehead atoms. The van der Waals surface area contributed by atoms with Crippen LogP contribution in [0.3, 0.4) is 0 Å². The molecule has 1 N–H and O–H groups in total. The zero-order valence-electron chi connectivity index (χ0n) is 14.5. The van der Waals surface area contributed by atoms with E-state index in [0.717, 1.165) is 10.4 Å². The van der Waals surface area contributed by atoms with Gasteiger partial charge < -0.3 is 0 Å². The van der Waals surface area contributed by atoms with Crippen LogP contribution in [0.5, 0.6) is 0 Å². The molecule has 0 radical (unpaired) electrons. The first-order chi connectivity index (χ1) is 12.4. The first-order valence-corrected chi connectivity index (χ1v) is 10.4. The van der Waals surface area contributed by atoms with Gasteiger partial charge in [0.2, 0.25) is 10.0 Å². The molecule has 6 nitrogen and oxygen atoms in total. The highest BCUT2D eigenvalue weighted by atomic mass is 32.2. The Labute approximate surface area is 156 Å². The average molecular weight is 390 g/mol. The van der Waals surface area contributed by atoms with Gasteiger partial charge in [0.1, 0.15) is 5.69 Å². The van der Waals surface area contributed by atoms with Crippen LogP contribution >= 0.6 is 11.3 Å². The van der Waals surface area contributed by atoms with Gasteiger partial charge in [-0.15, -0.1) is 11.3 Å². The van der Waals surface area contributed by atoms with Crippen LogP contribution < -0.4 is 10.3 Å². The summed E-state index contributed by atoms with van der Waals surface area (Å²) in [5.74, 6) is 0. The quantitative estimate of drug-likeness (QED) is 0.703. The molecule has 1 aromatic carbocycles. The maximum atomic E-state index is 12.5. The smallest absolute Gasteiger partial charge is 0.266 e. The number of hydrogen-bond acceptors (Lipinski definition) is 5. The minimum Gasteiger partial charge on any atom is -0.268 e. The number of thiophene rings is 1. The molecule has 0 spiro atoms. The molecule has 26 heavy (non-hydrogen) atoms. The Morgan fingerprint density at radius 3 is 2.65 bits per heavy atom. The van der Waals surface area contributed by atoms with Gasteiger partial charge in [-0.3, -0.25) is 4.79 Å². The third-order valence-electron chi connectivity index (χ3n) is 3.88. The fourth-order valence-electron chi connectivity index (χ4n) is 2.63. The molecule has 0 fully saturated rings. The summed E-state index contributed by atoms with van der Waals surface area (Å²) in [7, 11) is -3.64. The molecule has 2 aromatic heterocycles. The van der Waals surface area contributed by atoms with Gasteiger partial charge >= 0.3 is 0 Å². The third-order valence-corrected chi connectivity index (χ3v) is 6.39. The zero-order valence-corrected chi connectivity index (χ0v) is 16.1. The predicted octanol–water partition coefficient (Wildman–Crippen LogP) is 2.57. The largest absolute Gasteiger partial charge is 0.268 e. The van der Waals surface area contributed by atoms with Crippen molar-refractivity contribution in [3.05, 3.63) is 69.3 Å². The lowest BCUT2D eigenvalue weighted by Crippen LogP contribution is -2.32. The van der Waals surface area contributed by atoms with E-state index in [1.165, 1.54) is 22.1 Å². The van der Waals surface area contributed by atoms with E-state index in [2.05, 4.69) is 9.82 Å². The first kappa shape index (κ1) is 18.5. The van der Waals surface area contributed by atoms with Gasteiger partial charge in [-0.1, -0.05) is 23.8 Å². The molecule has 0 atom stereocenters. The van der Waals surface area contributed by atoms with Crippen LogP contribution in [0.25, 0.3) is 10.6 Å². The van der Waals surface area contributed by atoms with Gasteiger partial charge in [-0.2, -0.15) is 5.10 Å². The molecule has 3 rings (SSSR count). The van der Waals surface area contributed by atoms with Crippen molar-refractivity contribution in [1.82, 2.24) is 14.5 Å². The highest BCUT2D eigenvalue weighted by Gasteiger charge is 2.16. The standard InChI is InChI=1S/C18H19N3O3S2/c1-13-5-7-17(14(2)12-13)26(23,24)19-9-10-21-18(22)8-6-15(20-21)16-4-3-11-25-16/h3-8,11-12,19H,9-10H2,1-2H3. The lowest BCUT2D eigenvalue weighted by atomic mass is 10.2. The van der Waals surface area contributed by atoms with E-state index in [0.29, 0.717) is 11.3 Å². The third kappa shape index (κ3) is 4.09. The Bertz CT molecular complexity index is 1070. The van der Waals surface area contributed by atoms with E-state index in [9.17, 15) is 13.2 Å². The van der Waals surface area contributed by atoms with Crippen LogP contribution in [0.15, 0.2) is 57.5 Å². The van der Waals surface area contributed by atoms with E-state index in [1.807, 2.05) is 30.5 Å². The molecule has 3 aromatic rings. The summed E-state index contributed by atoms with van der Waals surface area (Å²) < 4.78 is 28.8. The second-order valence-electron chi connectivity index (χ2n) is 5.92. The van der Waals surface area contributed by atoms with Gasteiger partial charge in [0.25, 0.3) is 5.56 Å². The molecule has 0 unspecified atom stereocenters. The fourth-order valence-corrected chi connectivity index (χ4v) is 4.57. The van der Waals surface area contributed by atoms with Gasteiger partial charge in [0.05, 0.1) is 16.3 Å². The molecule has 0 saturated carbocycles.